The Bertz CT molecular complexity index is 567. The molecule has 0 aliphatic carbocycles. The number of ether oxygens (including phenoxy) is 1. The molecule has 1 unspecified atom stereocenters. The van der Waals surface area contributed by atoms with E-state index in [-0.39, 0.29) is 17.9 Å². The summed E-state index contributed by atoms with van der Waals surface area (Å²) < 4.78 is 5.31. The molecule has 6 nitrogen and oxygen atoms in total. The third-order valence-corrected chi connectivity index (χ3v) is 3.10. The summed E-state index contributed by atoms with van der Waals surface area (Å²) in [6.45, 7) is 3.01. The van der Waals surface area contributed by atoms with Gasteiger partial charge in [0.15, 0.2) is 5.41 Å². The number of esters is 1. The maximum absolute atomic E-state index is 11.9. The van der Waals surface area contributed by atoms with Crippen LogP contribution in [0.4, 0.5) is 5.69 Å². The van der Waals surface area contributed by atoms with E-state index >= 15 is 0 Å². The molecule has 1 aromatic rings. The van der Waals surface area contributed by atoms with Crippen LogP contribution in [0, 0.1) is 21.4 Å². The Morgan fingerprint density at radius 3 is 2.74 bits per heavy atom. The Kier molecular flexibility index (Phi) is 4.62. The van der Waals surface area contributed by atoms with Crippen molar-refractivity contribution < 1.29 is 14.5 Å². The van der Waals surface area contributed by atoms with Crippen molar-refractivity contribution in [2.45, 2.75) is 19.3 Å². The summed E-state index contributed by atoms with van der Waals surface area (Å²) in [5, 5.41) is 20.3. The molecule has 0 saturated carbocycles. The van der Waals surface area contributed by atoms with Gasteiger partial charge in [0, 0.05) is 10.5 Å². The van der Waals surface area contributed by atoms with Crippen LogP contribution in [-0.2, 0) is 14.9 Å². The monoisotopic (exact) mass is 326 g/mol. The first-order valence-corrected chi connectivity index (χ1v) is 6.19. The van der Waals surface area contributed by atoms with Crippen LogP contribution < -0.4 is 0 Å². The van der Waals surface area contributed by atoms with Crippen LogP contribution in [-0.4, -0.2) is 17.5 Å². The van der Waals surface area contributed by atoms with Crippen molar-refractivity contribution in [2.75, 3.05) is 6.61 Å². The zero-order valence-electron chi connectivity index (χ0n) is 10.3. The average Bonchev–Trinajstić information content (AvgIpc) is 2.37. The predicted octanol–water partition coefficient (Wildman–Crippen LogP) is 2.70. The molecule has 0 saturated heterocycles. The van der Waals surface area contributed by atoms with Crippen molar-refractivity contribution in [2.24, 2.45) is 0 Å². The SMILES string of the molecule is CCOC(=O)C(C)(C#N)c1ccc(Br)cc1[N+](=O)[O-]. The summed E-state index contributed by atoms with van der Waals surface area (Å²) in [7, 11) is 0. The maximum Gasteiger partial charge on any atom is 0.331 e. The van der Waals surface area contributed by atoms with Crippen LogP contribution in [0.25, 0.3) is 0 Å². The Morgan fingerprint density at radius 1 is 1.63 bits per heavy atom. The lowest BCUT2D eigenvalue weighted by atomic mass is 9.83. The predicted molar refractivity (Wildman–Crippen MR) is 70.4 cm³/mol. The normalized spacial score (nSPS) is 13.2. The van der Waals surface area contributed by atoms with Gasteiger partial charge >= 0.3 is 5.97 Å². The van der Waals surface area contributed by atoms with Gasteiger partial charge in [-0.3, -0.25) is 10.1 Å². The molecule has 0 heterocycles. The number of hydrogen-bond acceptors (Lipinski definition) is 5. The molecule has 19 heavy (non-hydrogen) atoms. The fourth-order valence-corrected chi connectivity index (χ4v) is 1.92. The minimum atomic E-state index is -1.71. The van der Waals surface area contributed by atoms with Crippen LogP contribution in [0.5, 0.6) is 0 Å². The minimum Gasteiger partial charge on any atom is -0.465 e. The summed E-state index contributed by atoms with van der Waals surface area (Å²) in [6, 6.07) is 5.97. The second-order valence-electron chi connectivity index (χ2n) is 3.88. The molecule has 0 N–H and O–H groups in total. The summed E-state index contributed by atoms with van der Waals surface area (Å²) in [4.78, 5) is 22.3. The second kappa shape index (κ2) is 5.80. The molecular weight excluding hydrogens is 316 g/mol. The van der Waals surface area contributed by atoms with Gasteiger partial charge in [0.05, 0.1) is 23.2 Å². The molecule has 0 radical (unpaired) electrons. The van der Waals surface area contributed by atoms with Crippen LogP contribution in [0.15, 0.2) is 22.7 Å². The van der Waals surface area contributed by atoms with E-state index in [0.717, 1.165) is 0 Å². The van der Waals surface area contributed by atoms with Crippen LogP contribution in [0.3, 0.4) is 0 Å². The van der Waals surface area contributed by atoms with E-state index in [1.54, 1.807) is 13.0 Å². The number of benzene rings is 1. The molecule has 1 atom stereocenters. The lowest BCUT2D eigenvalue weighted by molar-refractivity contribution is -0.385. The van der Waals surface area contributed by atoms with Crippen molar-refractivity contribution in [1.29, 1.82) is 5.26 Å². The third-order valence-electron chi connectivity index (χ3n) is 2.60. The van der Waals surface area contributed by atoms with Crippen LogP contribution in [0.2, 0.25) is 0 Å². The molecule has 0 bridgehead atoms. The van der Waals surface area contributed by atoms with Gasteiger partial charge in [-0.15, -0.1) is 0 Å². The van der Waals surface area contributed by atoms with Crippen molar-refractivity contribution in [3.8, 4) is 6.07 Å². The van der Waals surface area contributed by atoms with Crippen LogP contribution in [0.1, 0.15) is 19.4 Å². The van der Waals surface area contributed by atoms with Gasteiger partial charge in [-0.2, -0.15) is 5.26 Å². The number of hydrogen-bond donors (Lipinski definition) is 0. The highest BCUT2D eigenvalue weighted by Gasteiger charge is 2.42. The maximum atomic E-state index is 11.9. The van der Waals surface area contributed by atoms with Crippen molar-refractivity contribution in [3.63, 3.8) is 0 Å². The summed E-state index contributed by atoms with van der Waals surface area (Å²) >= 11 is 3.12. The first-order chi connectivity index (χ1) is 8.86. The molecule has 0 aliphatic heterocycles. The Hall–Kier alpha value is -1.94. The molecule has 0 aromatic heterocycles. The van der Waals surface area contributed by atoms with Gasteiger partial charge in [0.1, 0.15) is 0 Å². The van der Waals surface area contributed by atoms with Gasteiger partial charge in [-0.05, 0) is 26.0 Å². The number of carbonyl (C=O) groups is 1. The lowest BCUT2D eigenvalue weighted by Gasteiger charge is -2.19. The standard InChI is InChI=1S/C12H11BrN2O4/c1-3-19-11(16)12(2,7-14)9-5-4-8(13)6-10(9)15(17)18/h4-6H,3H2,1-2H3. The van der Waals surface area contributed by atoms with Gasteiger partial charge < -0.3 is 4.74 Å². The first kappa shape index (κ1) is 15.1. The van der Waals surface area contributed by atoms with Gasteiger partial charge in [0.25, 0.3) is 5.69 Å². The summed E-state index contributed by atoms with van der Waals surface area (Å²) in [6.07, 6.45) is 0. The number of carbonyl (C=O) groups excluding carboxylic acids is 1. The molecular formula is C12H11BrN2O4. The van der Waals surface area contributed by atoms with E-state index in [1.165, 1.54) is 25.1 Å². The number of nitro groups is 1. The largest absolute Gasteiger partial charge is 0.465 e. The number of halogens is 1. The van der Waals surface area contributed by atoms with Gasteiger partial charge in [-0.25, -0.2) is 4.79 Å². The lowest BCUT2D eigenvalue weighted by Crippen LogP contribution is -2.33. The Morgan fingerprint density at radius 2 is 2.26 bits per heavy atom. The van der Waals surface area contributed by atoms with Crippen molar-refractivity contribution >= 4 is 27.6 Å². The molecule has 1 rings (SSSR count). The van der Waals surface area contributed by atoms with Gasteiger partial charge in [-0.1, -0.05) is 15.9 Å². The zero-order valence-corrected chi connectivity index (χ0v) is 11.9. The zero-order chi connectivity index (χ0) is 14.6. The molecule has 0 fully saturated rings. The minimum absolute atomic E-state index is 0.0154. The van der Waals surface area contributed by atoms with Crippen LogP contribution >= 0.6 is 15.9 Å². The van der Waals surface area contributed by atoms with E-state index in [2.05, 4.69) is 15.9 Å². The van der Waals surface area contributed by atoms with Gasteiger partial charge in [0.2, 0.25) is 0 Å². The second-order valence-corrected chi connectivity index (χ2v) is 4.79. The summed E-state index contributed by atoms with van der Waals surface area (Å²) in [5.41, 5.74) is -1.99. The highest BCUT2D eigenvalue weighted by molar-refractivity contribution is 9.10. The topological polar surface area (TPSA) is 93.2 Å². The van der Waals surface area contributed by atoms with E-state index in [9.17, 15) is 20.2 Å². The fraction of sp³-hybridized carbons (Fsp3) is 0.333. The molecule has 7 heteroatoms. The molecule has 0 aliphatic rings. The molecule has 0 spiro atoms. The fourth-order valence-electron chi connectivity index (χ4n) is 1.57. The smallest absolute Gasteiger partial charge is 0.331 e. The number of rotatable bonds is 4. The molecule has 1 aromatic carbocycles. The quantitative estimate of drug-likeness (QED) is 0.481. The Labute approximate surface area is 118 Å². The first-order valence-electron chi connectivity index (χ1n) is 5.39. The van der Waals surface area contributed by atoms with E-state index in [1.807, 2.05) is 0 Å². The highest BCUT2D eigenvalue weighted by atomic mass is 79.9. The van der Waals surface area contributed by atoms with E-state index in [0.29, 0.717) is 4.47 Å². The highest BCUT2D eigenvalue weighted by Crippen LogP contribution is 2.34. The van der Waals surface area contributed by atoms with Crippen molar-refractivity contribution in [1.82, 2.24) is 0 Å². The summed E-state index contributed by atoms with van der Waals surface area (Å²) in [5.74, 6) is -0.803. The number of nitriles is 1. The van der Waals surface area contributed by atoms with E-state index < -0.39 is 16.3 Å². The third kappa shape index (κ3) is 2.90. The molecule has 0 amide bonds. The average molecular weight is 327 g/mol. The molecule has 100 valence electrons. The number of nitro benzene ring substituents is 1. The van der Waals surface area contributed by atoms with E-state index in [4.69, 9.17) is 4.74 Å². The number of nitrogens with zero attached hydrogens (tertiary/aromatic N) is 2. The Balaban J connectivity index is 3.46. The van der Waals surface area contributed by atoms with Crippen molar-refractivity contribution in [3.05, 3.63) is 38.3 Å².